The quantitative estimate of drug-likeness (QED) is 0.878. The molecule has 6 heteroatoms. The Morgan fingerprint density at radius 1 is 1.56 bits per heavy atom. The van der Waals surface area contributed by atoms with E-state index in [-0.39, 0.29) is 18.3 Å². The van der Waals surface area contributed by atoms with Crippen molar-refractivity contribution in [3.63, 3.8) is 0 Å². The highest BCUT2D eigenvalue weighted by molar-refractivity contribution is 7.16. The van der Waals surface area contributed by atoms with Gasteiger partial charge in [0.05, 0.1) is 10.9 Å². The molecule has 102 valence electrons. The van der Waals surface area contributed by atoms with E-state index < -0.39 is 0 Å². The van der Waals surface area contributed by atoms with Gasteiger partial charge in [-0.2, -0.15) is 0 Å². The van der Waals surface area contributed by atoms with Crippen LogP contribution in [0.3, 0.4) is 0 Å². The molecule has 3 nitrogen and oxygen atoms in total. The smallest absolute Gasteiger partial charge is 0.220 e. The Morgan fingerprint density at radius 3 is 3.00 bits per heavy atom. The third kappa shape index (κ3) is 5.14. The fraction of sp³-hybridized carbons (Fsp3) is 0.583. The molecule has 1 aromatic rings. The van der Waals surface area contributed by atoms with Crippen LogP contribution < -0.4 is 10.6 Å². The Balaban J connectivity index is 0.00000162. The highest BCUT2D eigenvalue weighted by Gasteiger charge is 2.15. The molecule has 0 saturated carbocycles. The van der Waals surface area contributed by atoms with Crippen molar-refractivity contribution in [3.8, 4) is 0 Å². The maximum atomic E-state index is 11.6. The molecule has 2 rings (SSSR count). The summed E-state index contributed by atoms with van der Waals surface area (Å²) in [7, 11) is 0. The number of hydrogen-bond donors (Lipinski definition) is 2. The van der Waals surface area contributed by atoms with Crippen molar-refractivity contribution in [2.24, 2.45) is 0 Å². The Morgan fingerprint density at radius 2 is 2.39 bits per heavy atom. The lowest BCUT2D eigenvalue weighted by Gasteiger charge is -2.09. The normalized spacial score (nSPS) is 18.4. The van der Waals surface area contributed by atoms with Gasteiger partial charge in [0.1, 0.15) is 0 Å². The predicted octanol–water partition coefficient (Wildman–Crippen LogP) is 2.97. The average molecular weight is 309 g/mol. The van der Waals surface area contributed by atoms with E-state index in [1.807, 2.05) is 12.1 Å². The summed E-state index contributed by atoms with van der Waals surface area (Å²) in [5.41, 5.74) is 0. The van der Waals surface area contributed by atoms with Crippen LogP contribution in [-0.4, -0.2) is 18.5 Å². The number of thiophene rings is 1. The summed E-state index contributed by atoms with van der Waals surface area (Å²) in [5.74, 6) is 0.128. The van der Waals surface area contributed by atoms with E-state index in [1.165, 1.54) is 24.2 Å². The van der Waals surface area contributed by atoms with Crippen molar-refractivity contribution in [3.05, 3.63) is 21.3 Å². The molecule has 1 fully saturated rings. The minimum Gasteiger partial charge on any atom is -0.351 e. The van der Waals surface area contributed by atoms with Crippen LogP contribution in [0.5, 0.6) is 0 Å². The van der Waals surface area contributed by atoms with E-state index in [0.29, 0.717) is 19.0 Å². The molecule has 2 N–H and O–H groups in total. The maximum Gasteiger partial charge on any atom is 0.220 e. The molecule has 1 atom stereocenters. The summed E-state index contributed by atoms with van der Waals surface area (Å²) < 4.78 is 0.768. The highest BCUT2D eigenvalue weighted by atomic mass is 35.5. The van der Waals surface area contributed by atoms with Gasteiger partial charge in [0.2, 0.25) is 5.91 Å². The Labute approximate surface area is 123 Å². The minimum absolute atomic E-state index is 0. The summed E-state index contributed by atoms with van der Waals surface area (Å²) in [6.45, 7) is 1.69. The van der Waals surface area contributed by atoms with E-state index in [1.54, 1.807) is 0 Å². The molecule has 1 unspecified atom stereocenters. The predicted molar refractivity (Wildman–Crippen MR) is 78.7 cm³/mol. The van der Waals surface area contributed by atoms with Gasteiger partial charge in [0.25, 0.3) is 0 Å². The SMILES string of the molecule is Cl.O=C(CCC1CCCN1)NCc1ccc(Cl)s1. The van der Waals surface area contributed by atoms with Gasteiger partial charge < -0.3 is 10.6 Å². The van der Waals surface area contributed by atoms with E-state index in [0.717, 1.165) is 22.2 Å². The molecule has 0 spiro atoms. The van der Waals surface area contributed by atoms with Gasteiger partial charge in [-0.25, -0.2) is 0 Å². The Bertz CT molecular complexity index is 378. The number of amides is 1. The monoisotopic (exact) mass is 308 g/mol. The van der Waals surface area contributed by atoms with Gasteiger partial charge in [0.15, 0.2) is 0 Å². The average Bonchev–Trinajstić information content (AvgIpc) is 2.95. The molecule has 1 aliphatic rings. The van der Waals surface area contributed by atoms with Crippen molar-refractivity contribution < 1.29 is 4.79 Å². The number of halogens is 2. The molecule has 0 aliphatic carbocycles. The van der Waals surface area contributed by atoms with Crippen molar-refractivity contribution >= 4 is 41.3 Å². The first-order valence-corrected chi connectivity index (χ1v) is 7.18. The lowest BCUT2D eigenvalue weighted by molar-refractivity contribution is -0.121. The van der Waals surface area contributed by atoms with Crippen molar-refractivity contribution in [1.29, 1.82) is 0 Å². The topological polar surface area (TPSA) is 41.1 Å². The molecular formula is C12H18Cl2N2OS. The molecule has 0 aromatic carbocycles. The van der Waals surface area contributed by atoms with Gasteiger partial charge in [-0.3, -0.25) is 4.79 Å². The van der Waals surface area contributed by atoms with Crippen LogP contribution in [0, 0.1) is 0 Å². The standard InChI is InChI=1S/C12H17ClN2OS.ClH/c13-11-5-4-10(17-11)8-15-12(16)6-3-9-2-1-7-14-9;/h4-5,9,14H,1-3,6-8H2,(H,15,16);1H. The molecule has 1 amide bonds. The van der Waals surface area contributed by atoms with Crippen molar-refractivity contribution in [2.75, 3.05) is 6.54 Å². The first kappa shape index (κ1) is 15.8. The maximum absolute atomic E-state index is 11.6. The fourth-order valence-electron chi connectivity index (χ4n) is 2.03. The molecule has 1 saturated heterocycles. The van der Waals surface area contributed by atoms with Crippen LogP contribution in [0.1, 0.15) is 30.6 Å². The van der Waals surface area contributed by atoms with E-state index in [4.69, 9.17) is 11.6 Å². The van der Waals surface area contributed by atoms with E-state index in [9.17, 15) is 4.79 Å². The Kier molecular flexibility index (Phi) is 7.00. The summed E-state index contributed by atoms with van der Waals surface area (Å²) in [6, 6.07) is 4.35. The third-order valence-corrected chi connectivity index (χ3v) is 4.20. The second kappa shape index (κ2) is 8.00. The molecule has 0 bridgehead atoms. The molecule has 0 radical (unpaired) electrons. The van der Waals surface area contributed by atoms with Crippen molar-refractivity contribution in [1.82, 2.24) is 10.6 Å². The number of rotatable bonds is 5. The van der Waals surface area contributed by atoms with E-state index >= 15 is 0 Å². The second-order valence-electron chi connectivity index (χ2n) is 4.31. The molecular weight excluding hydrogens is 291 g/mol. The van der Waals surface area contributed by atoms with Crippen LogP contribution in [0.15, 0.2) is 12.1 Å². The van der Waals surface area contributed by atoms with Crippen molar-refractivity contribution in [2.45, 2.75) is 38.3 Å². The van der Waals surface area contributed by atoms with Gasteiger partial charge in [-0.05, 0) is 37.9 Å². The number of carbonyl (C=O) groups is 1. The lowest BCUT2D eigenvalue weighted by Crippen LogP contribution is -2.26. The zero-order chi connectivity index (χ0) is 12.1. The number of carbonyl (C=O) groups excluding carboxylic acids is 1. The molecule has 1 aliphatic heterocycles. The first-order valence-electron chi connectivity index (χ1n) is 5.98. The van der Waals surface area contributed by atoms with Gasteiger partial charge in [-0.15, -0.1) is 23.7 Å². The second-order valence-corrected chi connectivity index (χ2v) is 6.11. The summed E-state index contributed by atoms with van der Waals surface area (Å²) in [4.78, 5) is 12.7. The largest absolute Gasteiger partial charge is 0.351 e. The van der Waals surface area contributed by atoms with Crippen LogP contribution in [0.4, 0.5) is 0 Å². The van der Waals surface area contributed by atoms with Crippen LogP contribution in [0.2, 0.25) is 4.34 Å². The third-order valence-electron chi connectivity index (χ3n) is 2.97. The number of hydrogen-bond acceptors (Lipinski definition) is 3. The highest BCUT2D eigenvalue weighted by Crippen LogP contribution is 2.21. The minimum atomic E-state index is 0. The number of nitrogens with one attached hydrogen (secondary N) is 2. The Hall–Kier alpha value is -0.290. The zero-order valence-corrected chi connectivity index (χ0v) is 12.5. The van der Waals surface area contributed by atoms with Crippen LogP contribution in [-0.2, 0) is 11.3 Å². The van der Waals surface area contributed by atoms with Crippen LogP contribution in [0.25, 0.3) is 0 Å². The molecule has 2 heterocycles. The summed E-state index contributed by atoms with van der Waals surface area (Å²) in [5, 5.41) is 6.31. The summed E-state index contributed by atoms with van der Waals surface area (Å²) in [6.07, 6.45) is 3.99. The van der Waals surface area contributed by atoms with Gasteiger partial charge in [-0.1, -0.05) is 11.6 Å². The van der Waals surface area contributed by atoms with Gasteiger partial charge in [0, 0.05) is 17.3 Å². The zero-order valence-electron chi connectivity index (χ0n) is 10.1. The van der Waals surface area contributed by atoms with Gasteiger partial charge >= 0.3 is 0 Å². The van der Waals surface area contributed by atoms with E-state index in [2.05, 4.69) is 10.6 Å². The lowest BCUT2D eigenvalue weighted by atomic mass is 10.1. The molecule has 1 aromatic heterocycles. The summed E-state index contributed by atoms with van der Waals surface area (Å²) >= 11 is 7.33. The fourth-order valence-corrected chi connectivity index (χ4v) is 3.06. The molecule has 18 heavy (non-hydrogen) atoms. The van der Waals surface area contributed by atoms with Crippen LogP contribution >= 0.6 is 35.3 Å². The first-order chi connectivity index (χ1) is 8.24.